The summed E-state index contributed by atoms with van der Waals surface area (Å²) in [5, 5.41) is 1.50. The SMILES string of the molecule is CC1=NCC=C1CCC(=O)c1ccc(-c2c(F)cnc3[nH]c4cnc(-c5cccnc5)cc4c23)cc1. The number of fused-ring (bicyclic) bond motifs is 3. The van der Waals surface area contributed by atoms with E-state index in [4.69, 9.17) is 0 Å². The molecule has 0 saturated carbocycles. The lowest BCUT2D eigenvalue weighted by Gasteiger charge is -2.08. The highest BCUT2D eigenvalue weighted by molar-refractivity contribution is 6.13. The second-order valence-corrected chi connectivity index (χ2v) is 8.84. The number of benzene rings is 1. The average Bonchev–Trinajstić information content (AvgIpc) is 3.50. The van der Waals surface area contributed by atoms with Gasteiger partial charge in [0.25, 0.3) is 0 Å². The third kappa shape index (κ3) is 3.88. The number of carbonyl (C=O) groups is 1. The molecule has 6 nitrogen and oxygen atoms in total. The molecule has 0 spiro atoms. The fourth-order valence-electron chi connectivity index (χ4n) is 4.73. The van der Waals surface area contributed by atoms with Crippen molar-refractivity contribution >= 4 is 33.4 Å². The number of hydrogen-bond donors (Lipinski definition) is 1. The number of Topliss-reactive ketones (excluding diaryl/α,β-unsaturated/α-hetero) is 1. The van der Waals surface area contributed by atoms with Crippen molar-refractivity contribution < 1.29 is 9.18 Å². The minimum absolute atomic E-state index is 0.0572. The van der Waals surface area contributed by atoms with Crippen LogP contribution in [0.4, 0.5) is 4.39 Å². The summed E-state index contributed by atoms with van der Waals surface area (Å²) in [6.45, 7) is 2.67. The van der Waals surface area contributed by atoms with Gasteiger partial charge >= 0.3 is 0 Å². The molecular formula is C29H22FN5O. The lowest BCUT2D eigenvalue weighted by molar-refractivity contribution is 0.0983. The van der Waals surface area contributed by atoms with Gasteiger partial charge in [-0.3, -0.25) is 19.8 Å². The van der Waals surface area contributed by atoms with E-state index in [1.54, 1.807) is 42.9 Å². The lowest BCUT2D eigenvalue weighted by atomic mass is 9.97. The molecule has 6 rings (SSSR count). The Kier molecular flexibility index (Phi) is 5.45. The second-order valence-electron chi connectivity index (χ2n) is 8.84. The zero-order chi connectivity index (χ0) is 24.6. The molecule has 0 unspecified atom stereocenters. The molecule has 0 fully saturated rings. The topological polar surface area (TPSA) is 83.9 Å². The van der Waals surface area contributed by atoms with Gasteiger partial charge in [-0.1, -0.05) is 30.3 Å². The number of nitrogens with zero attached hydrogens (tertiary/aromatic N) is 4. The highest BCUT2D eigenvalue weighted by atomic mass is 19.1. The number of halogens is 1. The maximum absolute atomic E-state index is 15.2. The summed E-state index contributed by atoms with van der Waals surface area (Å²) in [5.41, 5.74) is 6.84. The molecule has 5 aromatic rings. The van der Waals surface area contributed by atoms with Crippen molar-refractivity contribution in [3.05, 3.63) is 90.3 Å². The van der Waals surface area contributed by atoms with Gasteiger partial charge in [0.1, 0.15) is 11.5 Å². The molecule has 1 N–H and O–H groups in total. The van der Waals surface area contributed by atoms with E-state index in [0.717, 1.165) is 33.4 Å². The van der Waals surface area contributed by atoms with E-state index in [2.05, 4.69) is 31.0 Å². The summed E-state index contributed by atoms with van der Waals surface area (Å²) >= 11 is 0. The first-order chi connectivity index (χ1) is 17.6. The van der Waals surface area contributed by atoms with Gasteiger partial charge < -0.3 is 4.98 Å². The number of rotatable bonds is 6. The predicted molar refractivity (Wildman–Crippen MR) is 140 cm³/mol. The quantitative estimate of drug-likeness (QED) is 0.290. The first-order valence-corrected chi connectivity index (χ1v) is 11.8. The molecule has 0 bridgehead atoms. The van der Waals surface area contributed by atoms with Crippen LogP contribution in [0.1, 0.15) is 30.1 Å². The van der Waals surface area contributed by atoms with Crippen LogP contribution in [-0.2, 0) is 0 Å². The summed E-state index contributed by atoms with van der Waals surface area (Å²) < 4.78 is 15.2. The maximum atomic E-state index is 15.2. The van der Waals surface area contributed by atoms with E-state index in [-0.39, 0.29) is 5.78 Å². The van der Waals surface area contributed by atoms with Crippen LogP contribution < -0.4 is 0 Å². The van der Waals surface area contributed by atoms with Gasteiger partial charge in [0, 0.05) is 52.0 Å². The van der Waals surface area contributed by atoms with Gasteiger partial charge in [0.05, 0.1) is 30.1 Å². The summed E-state index contributed by atoms with van der Waals surface area (Å²) in [7, 11) is 0. The van der Waals surface area contributed by atoms with E-state index < -0.39 is 5.82 Å². The molecule has 0 amide bonds. The molecule has 5 heterocycles. The first kappa shape index (κ1) is 22.0. The van der Waals surface area contributed by atoms with Crippen molar-refractivity contribution in [3.8, 4) is 22.4 Å². The molecule has 0 aliphatic carbocycles. The van der Waals surface area contributed by atoms with Crippen molar-refractivity contribution in [2.75, 3.05) is 6.54 Å². The number of pyridine rings is 3. The van der Waals surface area contributed by atoms with Crippen LogP contribution >= 0.6 is 0 Å². The van der Waals surface area contributed by atoms with Gasteiger partial charge in [-0.05, 0) is 42.7 Å². The fraction of sp³-hybridized carbons (Fsp3) is 0.138. The van der Waals surface area contributed by atoms with Crippen molar-refractivity contribution in [2.24, 2.45) is 4.99 Å². The number of aromatic amines is 1. The molecule has 36 heavy (non-hydrogen) atoms. The predicted octanol–water partition coefficient (Wildman–Crippen LogP) is 6.34. The summed E-state index contributed by atoms with van der Waals surface area (Å²) in [4.78, 5) is 33.4. The fourth-order valence-corrected chi connectivity index (χ4v) is 4.73. The zero-order valence-corrected chi connectivity index (χ0v) is 19.6. The van der Waals surface area contributed by atoms with Gasteiger partial charge in [-0.2, -0.15) is 0 Å². The lowest BCUT2D eigenvalue weighted by Crippen LogP contribution is -2.02. The van der Waals surface area contributed by atoms with E-state index in [0.29, 0.717) is 47.1 Å². The van der Waals surface area contributed by atoms with Crippen LogP contribution in [0.2, 0.25) is 0 Å². The standard InChI is InChI=1S/C29H22FN5O/c1-17-18(10-12-32-17)8-9-26(36)19-4-6-20(7-5-19)27-23(30)15-34-29-28(27)22-13-24(33-16-25(22)35-29)21-3-2-11-31-14-21/h2-7,10-11,13-16H,8-9,12H2,1H3,(H,34,35). The minimum atomic E-state index is -0.426. The average molecular weight is 476 g/mol. The highest BCUT2D eigenvalue weighted by Gasteiger charge is 2.18. The van der Waals surface area contributed by atoms with E-state index in [1.807, 2.05) is 25.1 Å². The van der Waals surface area contributed by atoms with Crippen LogP contribution in [0.15, 0.2) is 83.9 Å². The Bertz CT molecular complexity index is 1680. The third-order valence-corrected chi connectivity index (χ3v) is 6.66. The molecule has 176 valence electrons. The Hall–Kier alpha value is -4.52. The second kappa shape index (κ2) is 8.92. The normalized spacial score (nSPS) is 13.3. The number of nitrogens with one attached hydrogen (secondary N) is 1. The highest BCUT2D eigenvalue weighted by Crippen LogP contribution is 2.36. The van der Waals surface area contributed by atoms with Crippen LogP contribution in [-0.4, -0.2) is 38.0 Å². The molecular weight excluding hydrogens is 453 g/mol. The molecule has 1 aromatic carbocycles. The maximum Gasteiger partial charge on any atom is 0.163 e. The van der Waals surface area contributed by atoms with Crippen molar-refractivity contribution in [3.63, 3.8) is 0 Å². The number of allylic oxidation sites excluding steroid dienone is 1. The van der Waals surface area contributed by atoms with Crippen LogP contribution in [0.25, 0.3) is 44.3 Å². The van der Waals surface area contributed by atoms with E-state index in [9.17, 15) is 4.79 Å². The molecule has 0 atom stereocenters. The first-order valence-electron chi connectivity index (χ1n) is 11.8. The molecule has 0 saturated heterocycles. The number of ketones is 1. The largest absolute Gasteiger partial charge is 0.338 e. The summed E-state index contributed by atoms with van der Waals surface area (Å²) in [6.07, 6.45) is 9.57. The van der Waals surface area contributed by atoms with Gasteiger partial charge in [0.2, 0.25) is 0 Å². The van der Waals surface area contributed by atoms with E-state index in [1.165, 1.54) is 6.20 Å². The Morgan fingerprint density at radius 1 is 1.06 bits per heavy atom. The zero-order valence-electron chi connectivity index (χ0n) is 19.6. The molecule has 0 radical (unpaired) electrons. The summed E-state index contributed by atoms with van der Waals surface area (Å²) in [6, 6.07) is 12.9. The molecule has 4 aromatic heterocycles. The smallest absolute Gasteiger partial charge is 0.163 e. The van der Waals surface area contributed by atoms with Crippen molar-refractivity contribution in [1.29, 1.82) is 0 Å². The number of hydrogen-bond acceptors (Lipinski definition) is 5. The van der Waals surface area contributed by atoms with Crippen molar-refractivity contribution in [2.45, 2.75) is 19.8 Å². The third-order valence-electron chi connectivity index (χ3n) is 6.66. The summed E-state index contributed by atoms with van der Waals surface area (Å²) in [5.74, 6) is -0.369. The van der Waals surface area contributed by atoms with Gasteiger partial charge in [-0.15, -0.1) is 0 Å². The van der Waals surface area contributed by atoms with Gasteiger partial charge in [0.15, 0.2) is 5.78 Å². The number of aliphatic imine (C=N–C) groups is 1. The molecule has 1 aliphatic heterocycles. The van der Waals surface area contributed by atoms with Gasteiger partial charge in [-0.25, -0.2) is 9.37 Å². The van der Waals surface area contributed by atoms with Crippen LogP contribution in [0.3, 0.4) is 0 Å². The number of carbonyl (C=O) groups excluding carboxylic acids is 1. The van der Waals surface area contributed by atoms with E-state index >= 15 is 4.39 Å². The Morgan fingerprint density at radius 3 is 2.67 bits per heavy atom. The Balaban J connectivity index is 1.37. The number of H-pyrrole nitrogens is 1. The monoisotopic (exact) mass is 475 g/mol. The van der Waals surface area contributed by atoms with Crippen LogP contribution in [0.5, 0.6) is 0 Å². The molecule has 7 heteroatoms. The number of aromatic nitrogens is 4. The molecule has 1 aliphatic rings. The Labute approximate surface area is 206 Å². The van der Waals surface area contributed by atoms with Crippen molar-refractivity contribution in [1.82, 2.24) is 19.9 Å². The van der Waals surface area contributed by atoms with Crippen LogP contribution in [0, 0.1) is 5.82 Å². The Morgan fingerprint density at radius 2 is 1.92 bits per heavy atom. The minimum Gasteiger partial charge on any atom is -0.338 e.